The molecule has 0 aliphatic rings. The summed E-state index contributed by atoms with van der Waals surface area (Å²) in [6, 6.07) is -0.623. The number of likely N-dealkylation sites (N-methyl/N-ethyl adjacent to an activating group) is 1. The fourth-order valence-electron chi connectivity index (χ4n) is 4.87. The van der Waals surface area contributed by atoms with Gasteiger partial charge < -0.3 is 23.8 Å². The summed E-state index contributed by atoms with van der Waals surface area (Å²) < 4.78 is 17.1. The molecule has 2 unspecified atom stereocenters. The van der Waals surface area contributed by atoms with E-state index >= 15 is 0 Å². The zero-order chi connectivity index (χ0) is 35.0. The van der Waals surface area contributed by atoms with Crippen molar-refractivity contribution in [1.29, 1.82) is 0 Å². The van der Waals surface area contributed by atoms with Gasteiger partial charge in [-0.2, -0.15) is 0 Å². The number of unbranched alkanes of at least 4 members (excludes halogenated alkanes) is 9. The van der Waals surface area contributed by atoms with Crippen molar-refractivity contribution in [2.24, 2.45) is 0 Å². The Morgan fingerprint density at radius 3 is 1.85 bits per heavy atom. The minimum Gasteiger partial charge on any atom is -0.477 e. The van der Waals surface area contributed by atoms with E-state index in [4.69, 9.17) is 14.2 Å². The molecule has 0 heterocycles. The van der Waals surface area contributed by atoms with Gasteiger partial charge >= 0.3 is 17.9 Å². The fraction of sp³-hybridized carbons (Fsp3) is 0.718. The number of carbonyl (C=O) groups is 3. The molecule has 270 valence electrons. The second kappa shape index (κ2) is 30.6. The summed E-state index contributed by atoms with van der Waals surface area (Å²) in [5.41, 5.74) is 0. The number of nitrogens with zero attached hydrogens (tertiary/aromatic N) is 1. The minimum absolute atomic E-state index is 0.0369. The summed E-state index contributed by atoms with van der Waals surface area (Å²) in [4.78, 5) is 36.6. The average molecular weight is 663 g/mol. The van der Waals surface area contributed by atoms with Crippen LogP contribution in [0.1, 0.15) is 129 Å². The third-order valence-corrected chi connectivity index (χ3v) is 7.71. The van der Waals surface area contributed by atoms with E-state index in [-0.39, 0.29) is 42.7 Å². The summed E-state index contributed by atoms with van der Waals surface area (Å²) in [6.07, 6.45) is 33.1. The summed E-state index contributed by atoms with van der Waals surface area (Å²) in [5.74, 6) is -1.56. The summed E-state index contributed by atoms with van der Waals surface area (Å²) in [6.45, 7) is 4.49. The van der Waals surface area contributed by atoms with Crippen LogP contribution >= 0.6 is 0 Å². The second-order valence-electron chi connectivity index (χ2n) is 13.1. The van der Waals surface area contributed by atoms with Gasteiger partial charge in [0.2, 0.25) is 0 Å². The molecule has 0 aromatic rings. The summed E-state index contributed by atoms with van der Waals surface area (Å²) in [5, 5.41) is 9.56. The number of allylic oxidation sites excluding steroid dienone is 8. The molecule has 0 radical (unpaired) electrons. The van der Waals surface area contributed by atoms with Crippen LogP contribution in [0, 0.1) is 0 Å². The number of carbonyl (C=O) groups excluding carboxylic acids is 2. The molecule has 0 aliphatic carbocycles. The molecule has 0 saturated carbocycles. The van der Waals surface area contributed by atoms with Crippen molar-refractivity contribution in [3.05, 3.63) is 48.6 Å². The molecule has 0 spiro atoms. The van der Waals surface area contributed by atoms with E-state index in [1.165, 1.54) is 32.1 Å². The predicted molar refractivity (Wildman–Crippen MR) is 192 cm³/mol. The van der Waals surface area contributed by atoms with Crippen LogP contribution in [0.2, 0.25) is 0 Å². The standard InChI is InChI=1S/C39H67NO7/c1-6-8-10-12-14-16-18-20-21-23-25-27-29-37(41)46-34-35(33-45-32-31-36(39(43)44)40(3,4)5)47-38(42)30-28-26-24-22-19-17-15-13-11-9-7-2/h9,11,14-17,22,24,35-36H,6-8,10,12-13,18-21,23,25-34H2,1-5H3/p+1/b11-9+,16-14+,17-15+,24-22+. The zero-order valence-corrected chi connectivity index (χ0v) is 30.5. The topological polar surface area (TPSA) is 99.1 Å². The fourth-order valence-corrected chi connectivity index (χ4v) is 4.87. The van der Waals surface area contributed by atoms with Gasteiger partial charge in [0.05, 0.1) is 34.4 Å². The number of rotatable bonds is 31. The first kappa shape index (κ1) is 44.3. The van der Waals surface area contributed by atoms with E-state index in [2.05, 4.69) is 62.5 Å². The van der Waals surface area contributed by atoms with E-state index < -0.39 is 18.1 Å². The van der Waals surface area contributed by atoms with Crippen molar-refractivity contribution in [2.45, 2.75) is 142 Å². The highest BCUT2D eigenvalue weighted by atomic mass is 16.6. The lowest BCUT2D eigenvalue weighted by Crippen LogP contribution is -2.50. The minimum atomic E-state index is -0.887. The Morgan fingerprint density at radius 1 is 0.660 bits per heavy atom. The van der Waals surface area contributed by atoms with Crippen LogP contribution in [0.25, 0.3) is 0 Å². The smallest absolute Gasteiger partial charge is 0.362 e. The van der Waals surface area contributed by atoms with Crippen LogP contribution in [-0.4, -0.2) is 80.6 Å². The largest absolute Gasteiger partial charge is 0.477 e. The van der Waals surface area contributed by atoms with Crippen LogP contribution in [0.15, 0.2) is 48.6 Å². The first-order valence-electron chi connectivity index (χ1n) is 18.2. The summed E-state index contributed by atoms with van der Waals surface area (Å²) >= 11 is 0. The van der Waals surface area contributed by atoms with Gasteiger partial charge in [0.1, 0.15) is 6.61 Å². The van der Waals surface area contributed by atoms with Crippen molar-refractivity contribution in [2.75, 3.05) is 41.0 Å². The predicted octanol–water partition coefficient (Wildman–Crippen LogP) is 8.90. The van der Waals surface area contributed by atoms with Gasteiger partial charge in [-0.3, -0.25) is 9.59 Å². The second-order valence-corrected chi connectivity index (χ2v) is 13.1. The molecule has 0 bridgehead atoms. The Bertz CT molecular complexity index is 917. The normalized spacial score (nSPS) is 13.6. The van der Waals surface area contributed by atoms with Gasteiger partial charge in [-0.25, -0.2) is 4.79 Å². The molecule has 0 fully saturated rings. The van der Waals surface area contributed by atoms with Crippen LogP contribution in [0.3, 0.4) is 0 Å². The maximum atomic E-state index is 12.6. The first-order chi connectivity index (χ1) is 22.6. The lowest BCUT2D eigenvalue weighted by atomic mass is 10.1. The molecule has 0 aromatic heterocycles. The highest BCUT2D eigenvalue weighted by Crippen LogP contribution is 2.12. The molecule has 1 N–H and O–H groups in total. The van der Waals surface area contributed by atoms with Crippen molar-refractivity contribution in [1.82, 2.24) is 0 Å². The molecule has 47 heavy (non-hydrogen) atoms. The molecule has 0 saturated heterocycles. The maximum absolute atomic E-state index is 12.6. The molecule has 0 aliphatic heterocycles. The number of aliphatic carboxylic acids is 1. The van der Waals surface area contributed by atoms with E-state index in [1.54, 1.807) is 0 Å². The molecule has 0 rings (SSSR count). The van der Waals surface area contributed by atoms with Crippen molar-refractivity contribution < 1.29 is 38.2 Å². The van der Waals surface area contributed by atoms with E-state index in [9.17, 15) is 19.5 Å². The Labute approximate surface area is 286 Å². The lowest BCUT2D eigenvalue weighted by Gasteiger charge is -2.31. The lowest BCUT2D eigenvalue weighted by molar-refractivity contribution is -0.887. The first-order valence-corrected chi connectivity index (χ1v) is 18.2. The Morgan fingerprint density at radius 2 is 1.21 bits per heavy atom. The van der Waals surface area contributed by atoms with E-state index in [0.717, 1.165) is 57.8 Å². The third kappa shape index (κ3) is 29.2. The summed E-state index contributed by atoms with van der Waals surface area (Å²) in [7, 11) is 5.48. The van der Waals surface area contributed by atoms with E-state index in [0.29, 0.717) is 19.3 Å². The van der Waals surface area contributed by atoms with Gasteiger partial charge in [0.25, 0.3) is 0 Å². The highest BCUT2D eigenvalue weighted by Gasteiger charge is 2.31. The van der Waals surface area contributed by atoms with Gasteiger partial charge in [0, 0.05) is 19.3 Å². The number of quaternary nitrogens is 1. The Balaban J connectivity index is 4.54. The monoisotopic (exact) mass is 662 g/mol. The van der Waals surface area contributed by atoms with Gasteiger partial charge in [-0.15, -0.1) is 0 Å². The molecule has 8 nitrogen and oxygen atoms in total. The van der Waals surface area contributed by atoms with Crippen LogP contribution < -0.4 is 0 Å². The number of esters is 2. The molecule has 0 aromatic carbocycles. The number of carboxylic acids is 1. The van der Waals surface area contributed by atoms with Crippen molar-refractivity contribution >= 4 is 17.9 Å². The molecular weight excluding hydrogens is 594 g/mol. The SMILES string of the molecule is CC/C=C/C/C=C/C/C=C/CCCC(=O)OC(COCCC(C(=O)O)[N+](C)(C)C)COC(=O)CCCCCCC/C=C/CCCCC. The third-order valence-electron chi connectivity index (χ3n) is 7.71. The number of hydrogen-bond donors (Lipinski definition) is 1. The average Bonchev–Trinajstić information content (AvgIpc) is 3.01. The molecule has 8 heteroatoms. The number of hydrogen-bond acceptors (Lipinski definition) is 6. The molecule has 0 amide bonds. The van der Waals surface area contributed by atoms with Gasteiger partial charge in [0.15, 0.2) is 12.1 Å². The Kier molecular flexibility index (Phi) is 28.8. The zero-order valence-electron chi connectivity index (χ0n) is 30.5. The van der Waals surface area contributed by atoms with Gasteiger partial charge in [-0.1, -0.05) is 94.6 Å². The van der Waals surface area contributed by atoms with Crippen LogP contribution in [0.5, 0.6) is 0 Å². The maximum Gasteiger partial charge on any atom is 0.362 e. The van der Waals surface area contributed by atoms with Crippen molar-refractivity contribution in [3.63, 3.8) is 0 Å². The van der Waals surface area contributed by atoms with Gasteiger partial charge in [-0.05, 0) is 64.2 Å². The highest BCUT2D eigenvalue weighted by molar-refractivity contribution is 5.72. The van der Waals surface area contributed by atoms with Crippen LogP contribution in [-0.2, 0) is 28.6 Å². The number of ether oxygens (including phenoxy) is 3. The van der Waals surface area contributed by atoms with E-state index in [1.807, 2.05) is 21.1 Å². The quantitative estimate of drug-likeness (QED) is 0.0343. The number of carboxylic acid groups (broad SMARTS) is 1. The molecular formula is C39H68NO7+. The van der Waals surface area contributed by atoms with Crippen LogP contribution in [0.4, 0.5) is 0 Å². The Hall–Kier alpha value is -2.71. The molecule has 2 atom stereocenters. The van der Waals surface area contributed by atoms with Crippen molar-refractivity contribution in [3.8, 4) is 0 Å².